The van der Waals surface area contributed by atoms with Crippen LogP contribution in [-0.2, 0) is 4.79 Å². The molecule has 1 aliphatic rings. The molecule has 1 aromatic heterocycles. The van der Waals surface area contributed by atoms with E-state index in [1.165, 1.54) is 37.2 Å². The van der Waals surface area contributed by atoms with Gasteiger partial charge in [-0.05, 0) is 79.4 Å². The van der Waals surface area contributed by atoms with Gasteiger partial charge in [0.1, 0.15) is 5.75 Å². The molecule has 2 aromatic carbocycles. The van der Waals surface area contributed by atoms with Gasteiger partial charge in [-0.3, -0.25) is 4.79 Å². The summed E-state index contributed by atoms with van der Waals surface area (Å²) >= 11 is 7.45. The summed E-state index contributed by atoms with van der Waals surface area (Å²) < 4.78 is 2.23. The molecular weight excluding hydrogens is 446 g/mol. The van der Waals surface area contributed by atoms with Crippen LogP contribution in [0.4, 0.5) is 0 Å². The molecule has 0 saturated heterocycles. The van der Waals surface area contributed by atoms with Gasteiger partial charge in [-0.25, -0.2) is 9.99 Å². The molecule has 0 aliphatic heterocycles. The number of benzene rings is 2. The van der Waals surface area contributed by atoms with Gasteiger partial charge in [-0.2, -0.15) is 5.10 Å². The Hall–Kier alpha value is -2.84. The van der Waals surface area contributed by atoms with E-state index in [-0.39, 0.29) is 17.4 Å². The second-order valence-corrected chi connectivity index (χ2v) is 9.08. The molecule has 0 radical (unpaired) electrons. The van der Waals surface area contributed by atoms with Crippen LogP contribution in [0.3, 0.4) is 0 Å². The number of hydrazone groups is 1. The van der Waals surface area contributed by atoms with Gasteiger partial charge >= 0.3 is 5.16 Å². The van der Waals surface area contributed by atoms with Crippen molar-refractivity contribution < 1.29 is 14.5 Å². The highest BCUT2D eigenvalue weighted by Gasteiger charge is 2.30. The average Bonchev–Trinajstić information content (AvgIpc) is 3.23. The second kappa shape index (κ2) is 10.7. The van der Waals surface area contributed by atoms with Crippen LogP contribution in [0.5, 0.6) is 5.75 Å². The average molecular weight is 471 g/mol. The van der Waals surface area contributed by atoms with Crippen LogP contribution in [0, 0.1) is 0 Å². The molecular formula is C23H25ClN5O2S+. The summed E-state index contributed by atoms with van der Waals surface area (Å²) in [5.41, 5.74) is 4.25. The number of aromatic nitrogens is 3. The number of carbonyl (C=O) groups is 1. The molecule has 7 nitrogen and oxygen atoms in total. The maximum absolute atomic E-state index is 12.3. The monoisotopic (exact) mass is 470 g/mol. The standard InChI is InChI=1S/C23H24ClN5O2S/c24-18-11-9-17(10-12-18)22-27-28-23(29(22)19-6-2-1-3-7-19)32-15-21(31)26-25-14-16-5-4-8-20(30)13-16/h4-5,8-14,19H,1-3,6-7,15H2,(H2,26,30,31)/p+1. The third-order valence-electron chi connectivity index (χ3n) is 5.37. The van der Waals surface area contributed by atoms with Gasteiger partial charge in [0, 0.05) is 5.02 Å². The highest BCUT2D eigenvalue weighted by Crippen LogP contribution is 2.29. The molecule has 1 aliphatic carbocycles. The van der Waals surface area contributed by atoms with E-state index in [4.69, 9.17) is 11.6 Å². The van der Waals surface area contributed by atoms with Crippen LogP contribution in [0.15, 0.2) is 58.8 Å². The fourth-order valence-corrected chi connectivity index (χ4v) is 4.78. The summed E-state index contributed by atoms with van der Waals surface area (Å²) in [5, 5.41) is 22.6. The van der Waals surface area contributed by atoms with Gasteiger partial charge in [0.2, 0.25) is 0 Å². The Balaban J connectivity index is 1.45. The SMILES string of the molecule is O=C(CSc1n[nH]c(-c2ccc(Cl)cc2)[n+]1C1CCCCC1)NN=Cc1cccc(O)c1. The number of aromatic hydroxyl groups is 1. The number of hydrogen-bond donors (Lipinski definition) is 3. The maximum Gasteiger partial charge on any atom is 0.337 e. The molecule has 1 saturated carbocycles. The van der Waals surface area contributed by atoms with Gasteiger partial charge in [-0.15, -0.1) is 5.10 Å². The summed E-state index contributed by atoms with van der Waals surface area (Å²) in [6, 6.07) is 14.7. The first kappa shape index (κ1) is 22.4. The van der Waals surface area contributed by atoms with Crippen molar-refractivity contribution in [3.63, 3.8) is 0 Å². The third kappa shape index (κ3) is 5.69. The molecule has 4 rings (SSSR count). The number of phenols is 1. The fourth-order valence-electron chi connectivity index (χ4n) is 3.84. The number of nitrogens with zero attached hydrogens (tertiary/aromatic N) is 3. The van der Waals surface area contributed by atoms with E-state index in [1.54, 1.807) is 24.3 Å². The summed E-state index contributed by atoms with van der Waals surface area (Å²) in [4.78, 5) is 12.3. The van der Waals surface area contributed by atoms with Crippen molar-refractivity contribution in [1.82, 2.24) is 15.6 Å². The predicted octanol–water partition coefficient (Wildman–Crippen LogP) is 4.47. The molecule has 3 N–H and O–H groups in total. The number of thioether (sulfide) groups is 1. The van der Waals surface area contributed by atoms with E-state index in [1.807, 2.05) is 24.3 Å². The lowest BCUT2D eigenvalue weighted by molar-refractivity contribution is -0.749. The molecule has 1 fully saturated rings. The fraction of sp³-hybridized carbons (Fsp3) is 0.304. The first-order valence-corrected chi connectivity index (χ1v) is 12.0. The number of carbonyl (C=O) groups excluding carboxylic acids is 1. The van der Waals surface area contributed by atoms with Crippen LogP contribution < -0.4 is 9.99 Å². The number of nitrogens with one attached hydrogen (secondary N) is 2. The highest BCUT2D eigenvalue weighted by atomic mass is 35.5. The predicted molar refractivity (Wildman–Crippen MR) is 126 cm³/mol. The van der Waals surface area contributed by atoms with Gasteiger partial charge in [0.05, 0.1) is 28.7 Å². The van der Waals surface area contributed by atoms with Crippen LogP contribution >= 0.6 is 23.4 Å². The lowest BCUT2D eigenvalue weighted by Gasteiger charge is -2.21. The number of phenolic OH excluding ortho intramolecular Hbond substituents is 1. The van der Waals surface area contributed by atoms with Crippen LogP contribution in [-0.4, -0.2) is 33.2 Å². The van der Waals surface area contributed by atoms with Gasteiger partial charge < -0.3 is 5.11 Å². The second-order valence-electron chi connectivity index (χ2n) is 7.70. The van der Waals surface area contributed by atoms with E-state index in [0.717, 1.165) is 29.4 Å². The number of hydrogen-bond acceptors (Lipinski definition) is 5. The Labute approximate surface area is 195 Å². The van der Waals surface area contributed by atoms with E-state index >= 15 is 0 Å². The summed E-state index contributed by atoms with van der Waals surface area (Å²) in [6.07, 6.45) is 7.33. The number of halogens is 1. The van der Waals surface area contributed by atoms with E-state index in [9.17, 15) is 9.90 Å². The van der Waals surface area contributed by atoms with E-state index < -0.39 is 0 Å². The molecule has 9 heteroatoms. The Morgan fingerprint density at radius 2 is 2.03 bits per heavy atom. The normalized spacial score (nSPS) is 14.7. The number of amides is 1. The first-order chi connectivity index (χ1) is 15.6. The van der Waals surface area contributed by atoms with Crippen LogP contribution in [0.1, 0.15) is 43.7 Å². The quantitative estimate of drug-likeness (QED) is 0.205. The van der Waals surface area contributed by atoms with Crippen molar-refractivity contribution in [2.75, 3.05) is 5.75 Å². The lowest BCUT2D eigenvalue weighted by atomic mass is 9.95. The summed E-state index contributed by atoms with van der Waals surface area (Å²) in [6.45, 7) is 0. The van der Waals surface area contributed by atoms with Crippen molar-refractivity contribution >= 4 is 35.5 Å². The van der Waals surface area contributed by atoms with Crippen molar-refractivity contribution in [2.45, 2.75) is 43.3 Å². The highest BCUT2D eigenvalue weighted by molar-refractivity contribution is 7.99. The molecule has 1 heterocycles. The molecule has 32 heavy (non-hydrogen) atoms. The third-order valence-corrected chi connectivity index (χ3v) is 6.57. The van der Waals surface area contributed by atoms with E-state index in [0.29, 0.717) is 16.6 Å². The summed E-state index contributed by atoms with van der Waals surface area (Å²) in [7, 11) is 0. The van der Waals surface area contributed by atoms with Crippen molar-refractivity contribution in [3.8, 4) is 17.1 Å². The zero-order valence-corrected chi connectivity index (χ0v) is 19.1. The van der Waals surface area contributed by atoms with Crippen LogP contribution in [0.2, 0.25) is 5.02 Å². The zero-order chi connectivity index (χ0) is 22.3. The Morgan fingerprint density at radius 3 is 2.78 bits per heavy atom. The first-order valence-electron chi connectivity index (χ1n) is 10.6. The number of rotatable bonds is 7. The molecule has 3 aromatic rings. The minimum absolute atomic E-state index is 0.151. The lowest BCUT2D eigenvalue weighted by Crippen LogP contribution is -2.43. The zero-order valence-electron chi connectivity index (χ0n) is 17.5. The molecule has 0 unspecified atom stereocenters. The van der Waals surface area contributed by atoms with Gasteiger partial charge in [0.25, 0.3) is 11.7 Å². The Bertz CT molecular complexity index is 1090. The van der Waals surface area contributed by atoms with Gasteiger partial charge in [0.15, 0.2) is 0 Å². The molecule has 1 amide bonds. The topological polar surface area (TPSA) is 94.3 Å². The Morgan fingerprint density at radius 1 is 1.25 bits per heavy atom. The molecule has 0 spiro atoms. The molecule has 0 atom stereocenters. The van der Waals surface area contributed by atoms with Gasteiger partial charge in [-0.1, -0.05) is 30.2 Å². The Kier molecular flexibility index (Phi) is 7.44. The molecule has 166 valence electrons. The minimum Gasteiger partial charge on any atom is -0.508 e. The number of aromatic amines is 1. The van der Waals surface area contributed by atoms with Crippen LogP contribution in [0.25, 0.3) is 11.4 Å². The number of H-pyrrole nitrogens is 1. The van der Waals surface area contributed by atoms with Crippen molar-refractivity contribution in [2.24, 2.45) is 5.10 Å². The minimum atomic E-state index is -0.224. The van der Waals surface area contributed by atoms with Crippen molar-refractivity contribution in [3.05, 3.63) is 59.1 Å². The largest absolute Gasteiger partial charge is 0.508 e. The van der Waals surface area contributed by atoms with E-state index in [2.05, 4.69) is 25.3 Å². The maximum atomic E-state index is 12.3. The van der Waals surface area contributed by atoms with Crippen molar-refractivity contribution in [1.29, 1.82) is 0 Å². The molecule has 0 bridgehead atoms. The summed E-state index contributed by atoms with van der Waals surface area (Å²) in [5.74, 6) is 1.05. The smallest absolute Gasteiger partial charge is 0.337 e.